The van der Waals surface area contributed by atoms with Gasteiger partial charge in [0, 0.05) is 24.9 Å². The molecule has 1 atom stereocenters. The number of hydrogen-bond acceptors (Lipinski definition) is 4. The summed E-state index contributed by atoms with van der Waals surface area (Å²) in [6.07, 6.45) is 6.85. The third-order valence-electron chi connectivity index (χ3n) is 2.74. The first-order valence-corrected chi connectivity index (χ1v) is 5.93. The lowest BCUT2D eigenvalue weighted by Gasteiger charge is -2.14. The highest BCUT2D eigenvalue weighted by atomic mass is 16.4. The molecule has 6 nitrogen and oxygen atoms in total. The van der Waals surface area contributed by atoms with Crippen molar-refractivity contribution in [3.05, 3.63) is 24.7 Å². The number of carboxylic acid groups (broad SMARTS) is 1. The van der Waals surface area contributed by atoms with E-state index >= 15 is 0 Å². The van der Waals surface area contributed by atoms with Gasteiger partial charge in [-0.1, -0.05) is 0 Å². The zero-order valence-corrected chi connectivity index (χ0v) is 10.2. The number of aromatic nitrogens is 3. The van der Waals surface area contributed by atoms with Gasteiger partial charge in [-0.2, -0.15) is 5.10 Å². The minimum Gasteiger partial charge on any atom is -0.481 e. The van der Waals surface area contributed by atoms with E-state index in [1.807, 2.05) is 13.0 Å². The summed E-state index contributed by atoms with van der Waals surface area (Å²) in [5.41, 5.74) is 0.919. The molecule has 0 amide bonds. The zero-order valence-electron chi connectivity index (χ0n) is 10.2. The van der Waals surface area contributed by atoms with E-state index in [1.54, 1.807) is 23.1 Å². The highest BCUT2D eigenvalue weighted by molar-refractivity contribution is 5.67. The van der Waals surface area contributed by atoms with Gasteiger partial charge >= 0.3 is 5.97 Å². The molecule has 6 heteroatoms. The predicted molar refractivity (Wildman–Crippen MR) is 67.6 cm³/mol. The summed E-state index contributed by atoms with van der Waals surface area (Å²) in [5, 5.41) is 16.0. The molecule has 0 aliphatic heterocycles. The van der Waals surface area contributed by atoms with Crippen LogP contribution in [-0.2, 0) is 4.79 Å². The van der Waals surface area contributed by atoms with Crippen LogP contribution in [0.5, 0.6) is 0 Å². The van der Waals surface area contributed by atoms with Crippen molar-refractivity contribution in [2.24, 2.45) is 0 Å². The predicted octanol–water partition coefficient (Wildman–Crippen LogP) is 1.78. The van der Waals surface area contributed by atoms with Crippen LogP contribution in [0.4, 0.5) is 5.82 Å². The number of hydrogen-bond donors (Lipinski definition) is 2. The number of carboxylic acids is 1. The van der Waals surface area contributed by atoms with Gasteiger partial charge in [-0.05, 0) is 25.8 Å². The van der Waals surface area contributed by atoms with Gasteiger partial charge in [0.1, 0.15) is 5.52 Å². The molecule has 0 fully saturated rings. The fourth-order valence-electron chi connectivity index (χ4n) is 1.83. The maximum atomic E-state index is 10.4. The average molecular weight is 248 g/mol. The van der Waals surface area contributed by atoms with Crippen LogP contribution in [-0.4, -0.2) is 31.7 Å². The van der Waals surface area contributed by atoms with E-state index in [2.05, 4.69) is 15.4 Å². The van der Waals surface area contributed by atoms with Gasteiger partial charge < -0.3 is 10.4 Å². The van der Waals surface area contributed by atoms with E-state index in [-0.39, 0.29) is 12.5 Å². The van der Waals surface area contributed by atoms with Gasteiger partial charge in [-0.15, -0.1) is 0 Å². The first-order chi connectivity index (χ1) is 8.66. The smallest absolute Gasteiger partial charge is 0.303 e. The van der Waals surface area contributed by atoms with Crippen LogP contribution in [0.2, 0.25) is 0 Å². The molecule has 18 heavy (non-hydrogen) atoms. The highest BCUT2D eigenvalue weighted by Crippen LogP contribution is 2.15. The van der Waals surface area contributed by atoms with Crippen LogP contribution in [0.3, 0.4) is 0 Å². The van der Waals surface area contributed by atoms with Crippen molar-refractivity contribution >= 4 is 17.3 Å². The van der Waals surface area contributed by atoms with Gasteiger partial charge in [0.15, 0.2) is 5.82 Å². The second-order valence-electron chi connectivity index (χ2n) is 4.27. The molecule has 1 unspecified atom stereocenters. The third-order valence-corrected chi connectivity index (χ3v) is 2.74. The number of nitrogens with one attached hydrogen (secondary N) is 1. The lowest BCUT2D eigenvalue weighted by atomic mass is 10.1. The molecule has 96 valence electrons. The Bertz CT molecular complexity index is 538. The molecular formula is C12H16N4O2. The Morgan fingerprint density at radius 1 is 1.56 bits per heavy atom. The Morgan fingerprint density at radius 2 is 2.39 bits per heavy atom. The highest BCUT2D eigenvalue weighted by Gasteiger charge is 2.08. The SMILES string of the molecule is CC(CCCC(=O)O)Nc1nccn2nccc12. The molecule has 0 aliphatic carbocycles. The fourth-order valence-corrected chi connectivity index (χ4v) is 1.83. The quantitative estimate of drug-likeness (QED) is 0.814. The molecule has 2 heterocycles. The number of anilines is 1. The minimum atomic E-state index is -0.752. The molecule has 0 aliphatic rings. The van der Waals surface area contributed by atoms with Crippen LogP contribution >= 0.6 is 0 Å². The van der Waals surface area contributed by atoms with Crippen LogP contribution < -0.4 is 5.32 Å². The van der Waals surface area contributed by atoms with E-state index in [0.29, 0.717) is 6.42 Å². The van der Waals surface area contributed by atoms with Crippen LogP contribution in [0, 0.1) is 0 Å². The van der Waals surface area contributed by atoms with Crippen molar-refractivity contribution in [1.29, 1.82) is 0 Å². The van der Waals surface area contributed by atoms with Crippen molar-refractivity contribution in [1.82, 2.24) is 14.6 Å². The molecule has 0 saturated carbocycles. The van der Waals surface area contributed by atoms with Gasteiger partial charge in [0.05, 0.1) is 6.20 Å². The lowest BCUT2D eigenvalue weighted by molar-refractivity contribution is -0.137. The molecule has 0 aromatic carbocycles. The van der Waals surface area contributed by atoms with Crippen molar-refractivity contribution < 1.29 is 9.90 Å². The maximum Gasteiger partial charge on any atom is 0.303 e. The Labute approximate surface area is 105 Å². The van der Waals surface area contributed by atoms with E-state index in [0.717, 1.165) is 17.8 Å². The molecule has 0 radical (unpaired) electrons. The Kier molecular flexibility index (Phi) is 3.76. The van der Waals surface area contributed by atoms with Crippen molar-refractivity contribution in [2.75, 3.05) is 5.32 Å². The number of rotatable bonds is 6. The molecular weight excluding hydrogens is 232 g/mol. The minimum absolute atomic E-state index is 0.179. The summed E-state index contributed by atoms with van der Waals surface area (Å²) in [6, 6.07) is 2.07. The monoisotopic (exact) mass is 248 g/mol. The average Bonchev–Trinajstić information content (AvgIpc) is 2.77. The number of carbonyl (C=O) groups is 1. The lowest BCUT2D eigenvalue weighted by Crippen LogP contribution is -2.17. The van der Waals surface area contributed by atoms with Crippen molar-refractivity contribution in [2.45, 2.75) is 32.2 Å². The van der Waals surface area contributed by atoms with Crippen molar-refractivity contribution in [3.63, 3.8) is 0 Å². The third kappa shape index (κ3) is 2.97. The first kappa shape index (κ1) is 12.3. The summed E-state index contributed by atoms with van der Waals surface area (Å²) in [6.45, 7) is 2.02. The van der Waals surface area contributed by atoms with E-state index in [9.17, 15) is 4.79 Å². The Hall–Kier alpha value is -2.11. The second kappa shape index (κ2) is 5.48. The van der Waals surface area contributed by atoms with E-state index in [4.69, 9.17) is 5.11 Å². The van der Waals surface area contributed by atoms with Crippen molar-refractivity contribution in [3.8, 4) is 0 Å². The van der Waals surface area contributed by atoms with Gasteiger partial charge in [-0.3, -0.25) is 4.79 Å². The summed E-state index contributed by atoms with van der Waals surface area (Å²) in [5.74, 6) is 0.0241. The first-order valence-electron chi connectivity index (χ1n) is 5.93. The zero-order chi connectivity index (χ0) is 13.0. The van der Waals surface area contributed by atoms with E-state index in [1.165, 1.54) is 0 Å². The molecule has 2 N–H and O–H groups in total. The fraction of sp³-hybridized carbons (Fsp3) is 0.417. The Morgan fingerprint density at radius 3 is 3.17 bits per heavy atom. The van der Waals surface area contributed by atoms with E-state index < -0.39 is 5.97 Å². The largest absolute Gasteiger partial charge is 0.481 e. The van der Waals surface area contributed by atoms with Crippen LogP contribution in [0.15, 0.2) is 24.7 Å². The molecule has 0 bridgehead atoms. The van der Waals surface area contributed by atoms with Gasteiger partial charge in [0.2, 0.25) is 0 Å². The normalized spacial score (nSPS) is 12.5. The second-order valence-corrected chi connectivity index (χ2v) is 4.27. The standard InChI is InChI=1S/C12H16N4O2/c1-9(3-2-4-11(17)18)15-12-10-5-6-14-16(10)8-7-13-12/h5-9H,2-4H2,1H3,(H,13,15)(H,17,18). The summed E-state index contributed by atoms with van der Waals surface area (Å²) in [4.78, 5) is 14.7. The summed E-state index contributed by atoms with van der Waals surface area (Å²) in [7, 11) is 0. The maximum absolute atomic E-state index is 10.4. The molecule has 2 rings (SSSR count). The molecule has 2 aromatic rings. The van der Waals surface area contributed by atoms with Gasteiger partial charge in [-0.25, -0.2) is 9.50 Å². The summed E-state index contributed by atoms with van der Waals surface area (Å²) < 4.78 is 1.75. The molecule has 0 spiro atoms. The molecule has 0 saturated heterocycles. The van der Waals surface area contributed by atoms with Crippen LogP contribution in [0.25, 0.3) is 5.52 Å². The number of nitrogens with zero attached hydrogens (tertiary/aromatic N) is 3. The molecule has 2 aromatic heterocycles. The number of aliphatic carboxylic acids is 1. The van der Waals surface area contributed by atoms with Crippen LogP contribution in [0.1, 0.15) is 26.2 Å². The Balaban J connectivity index is 1.96. The topological polar surface area (TPSA) is 79.5 Å². The summed E-state index contributed by atoms with van der Waals surface area (Å²) >= 11 is 0. The number of fused-ring (bicyclic) bond motifs is 1. The van der Waals surface area contributed by atoms with Gasteiger partial charge in [0.25, 0.3) is 0 Å².